The Morgan fingerprint density at radius 2 is 1.04 bits per heavy atom. The molecular weight excluding hydrogens is 354 g/mol. The molecule has 0 radical (unpaired) electrons. The summed E-state index contributed by atoms with van der Waals surface area (Å²) in [7, 11) is 0. The first-order chi connectivity index (χ1) is 13.7. The maximum absolute atomic E-state index is 6.26. The van der Waals surface area contributed by atoms with Crippen molar-refractivity contribution >= 4 is 46.7 Å². The highest BCUT2D eigenvalue weighted by molar-refractivity contribution is 6.29. The Balaban J connectivity index is 1.68. The zero-order chi connectivity index (χ0) is 19.1. The van der Waals surface area contributed by atoms with E-state index in [2.05, 4.69) is 46.5 Å². The third kappa shape index (κ3) is 2.84. The molecule has 0 fully saturated rings. The van der Waals surface area contributed by atoms with Crippen LogP contribution in [0.2, 0.25) is 0 Å². The molecule has 0 unspecified atom stereocenters. The molecule has 0 aromatic heterocycles. The normalized spacial score (nSPS) is 21.7. The molecule has 0 spiro atoms. The minimum absolute atomic E-state index is 0.359. The van der Waals surface area contributed by atoms with Crippen LogP contribution in [-0.4, -0.2) is 46.7 Å². The summed E-state index contributed by atoms with van der Waals surface area (Å²) in [6, 6.07) is 0. The summed E-state index contributed by atoms with van der Waals surface area (Å²) in [5.74, 6) is 3.76. The van der Waals surface area contributed by atoms with E-state index in [1.165, 1.54) is 0 Å². The third-order valence-corrected chi connectivity index (χ3v) is 4.13. The quantitative estimate of drug-likeness (QED) is 0.733. The lowest BCUT2D eigenvalue weighted by molar-refractivity contribution is 1.26. The lowest BCUT2D eigenvalue weighted by Gasteiger charge is -2.00. The van der Waals surface area contributed by atoms with Crippen LogP contribution >= 0.6 is 0 Å². The second-order valence-corrected chi connectivity index (χ2v) is 6.08. The smallest absolute Gasteiger partial charge is 0.180 e. The van der Waals surface area contributed by atoms with E-state index < -0.39 is 0 Å². The van der Waals surface area contributed by atoms with Gasteiger partial charge >= 0.3 is 0 Å². The molecule has 8 bridgehead atoms. The van der Waals surface area contributed by atoms with Gasteiger partial charge in [-0.15, -0.1) is 6.58 Å². The molecule has 5 aliphatic heterocycles. The lowest BCUT2D eigenvalue weighted by Crippen LogP contribution is -2.10. The predicted molar refractivity (Wildman–Crippen MR) is 113 cm³/mol. The van der Waals surface area contributed by atoms with Gasteiger partial charge in [-0.1, -0.05) is 6.08 Å². The molecular formula is C19H13N9. The Morgan fingerprint density at radius 1 is 0.607 bits per heavy atom. The van der Waals surface area contributed by atoms with Crippen molar-refractivity contribution in [1.82, 2.24) is 0 Å². The minimum atomic E-state index is 0.359. The Hall–Kier alpha value is -4.14. The summed E-state index contributed by atoms with van der Waals surface area (Å²) in [6.45, 7) is 3.78. The second kappa shape index (κ2) is 6.23. The number of amidine groups is 8. The van der Waals surface area contributed by atoms with Crippen LogP contribution in [0.1, 0.15) is 6.42 Å². The van der Waals surface area contributed by atoms with Gasteiger partial charge in [0.2, 0.25) is 0 Å². The van der Waals surface area contributed by atoms with Gasteiger partial charge in [-0.2, -0.15) is 0 Å². The van der Waals surface area contributed by atoms with Crippen LogP contribution in [0.4, 0.5) is 0 Å². The number of allylic oxidation sites excluding steroid dienone is 1. The number of hydrogen-bond donors (Lipinski definition) is 1. The van der Waals surface area contributed by atoms with E-state index in [-0.39, 0.29) is 0 Å². The highest BCUT2D eigenvalue weighted by Gasteiger charge is 2.24. The third-order valence-electron chi connectivity index (χ3n) is 4.13. The van der Waals surface area contributed by atoms with Gasteiger partial charge in [0.25, 0.3) is 0 Å². The topological polar surface area (TPSA) is 125 Å². The zero-order valence-electron chi connectivity index (χ0n) is 14.6. The van der Waals surface area contributed by atoms with Gasteiger partial charge in [0, 0.05) is 5.57 Å². The Kier molecular flexibility index (Phi) is 3.58. The summed E-state index contributed by atoms with van der Waals surface area (Å²) < 4.78 is 0. The van der Waals surface area contributed by atoms with E-state index in [9.17, 15) is 0 Å². The predicted octanol–water partition coefficient (Wildman–Crippen LogP) is 1.70. The van der Waals surface area contributed by atoms with Crippen molar-refractivity contribution in [2.24, 2.45) is 45.7 Å². The van der Waals surface area contributed by atoms with Gasteiger partial charge in [-0.05, 0) is 42.9 Å². The van der Waals surface area contributed by atoms with Crippen molar-refractivity contribution in [3.05, 3.63) is 60.4 Å². The van der Waals surface area contributed by atoms with Crippen molar-refractivity contribution < 1.29 is 0 Å². The summed E-state index contributed by atoms with van der Waals surface area (Å²) in [5, 5.41) is 0. The SMILES string of the molecule is C=CCC1=C(N)C2=NC1=NC1=NC(=NC3=NC(=NC4=NC(=N2)C=C4)C=C3)C=C1. The van der Waals surface area contributed by atoms with Crippen LogP contribution in [0.15, 0.2) is 100 Å². The van der Waals surface area contributed by atoms with Gasteiger partial charge in [0.15, 0.2) is 46.7 Å². The molecule has 0 atom stereocenters. The summed E-state index contributed by atoms with van der Waals surface area (Å²) in [6.07, 6.45) is 12.8. The Morgan fingerprint density at radius 3 is 1.50 bits per heavy atom. The van der Waals surface area contributed by atoms with E-state index in [0.29, 0.717) is 58.8 Å². The van der Waals surface area contributed by atoms with Crippen molar-refractivity contribution in [2.75, 3.05) is 0 Å². The largest absolute Gasteiger partial charge is 0.395 e. The van der Waals surface area contributed by atoms with E-state index >= 15 is 0 Å². The minimum Gasteiger partial charge on any atom is -0.395 e. The highest BCUT2D eigenvalue weighted by atomic mass is 15.1. The molecule has 0 aromatic carbocycles. The Labute approximate surface area is 159 Å². The zero-order valence-corrected chi connectivity index (χ0v) is 14.6. The molecule has 0 amide bonds. The molecule has 0 aliphatic carbocycles. The molecule has 5 rings (SSSR count). The summed E-state index contributed by atoms with van der Waals surface area (Å²) in [5.41, 5.74) is 7.46. The van der Waals surface area contributed by atoms with Crippen molar-refractivity contribution in [2.45, 2.75) is 6.42 Å². The molecule has 0 saturated heterocycles. The molecule has 9 nitrogen and oxygen atoms in total. The molecule has 0 saturated carbocycles. The van der Waals surface area contributed by atoms with Crippen molar-refractivity contribution in [3.8, 4) is 0 Å². The lowest BCUT2D eigenvalue weighted by atomic mass is 10.1. The first-order valence-electron chi connectivity index (χ1n) is 8.52. The van der Waals surface area contributed by atoms with Gasteiger partial charge in [0.05, 0.1) is 5.70 Å². The molecule has 134 valence electrons. The van der Waals surface area contributed by atoms with E-state index in [4.69, 9.17) is 5.73 Å². The fourth-order valence-corrected chi connectivity index (χ4v) is 2.85. The molecule has 5 aliphatic rings. The first-order valence-corrected chi connectivity index (χ1v) is 8.52. The van der Waals surface area contributed by atoms with E-state index in [1.54, 1.807) is 42.5 Å². The van der Waals surface area contributed by atoms with Crippen molar-refractivity contribution in [1.29, 1.82) is 0 Å². The monoisotopic (exact) mass is 367 g/mol. The fourth-order valence-electron chi connectivity index (χ4n) is 2.85. The van der Waals surface area contributed by atoms with Crippen LogP contribution in [0.3, 0.4) is 0 Å². The average molecular weight is 367 g/mol. The van der Waals surface area contributed by atoms with Gasteiger partial charge in [-0.3, -0.25) is 0 Å². The number of nitrogens with zero attached hydrogens (tertiary/aromatic N) is 8. The molecule has 5 heterocycles. The van der Waals surface area contributed by atoms with Crippen LogP contribution in [0.5, 0.6) is 0 Å². The number of nitrogens with two attached hydrogens (primary N) is 1. The maximum atomic E-state index is 6.26. The molecule has 28 heavy (non-hydrogen) atoms. The van der Waals surface area contributed by atoms with Gasteiger partial charge in [0.1, 0.15) is 0 Å². The van der Waals surface area contributed by atoms with Crippen LogP contribution in [0, 0.1) is 0 Å². The van der Waals surface area contributed by atoms with E-state index in [1.807, 2.05) is 0 Å². The molecule has 2 N–H and O–H groups in total. The summed E-state index contributed by atoms with van der Waals surface area (Å²) in [4.78, 5) is 35.4. The number of hydrogen-bond acceptors (Lipinski definition) is 9. The number of fused-ring (bicyclic) bond motifs is 4. The number of rotatable bonds is 2. The standard InChI is InChI=1S/C19H13N9/c1-2-3-10-17(20)19-27-16-9-7-14(25-16)23-12-5-4-11(21-12)22-13-6-8-15(24-13)26-18(10)28-19/h2,4-9H,1,3,20H2. The second-order valence-electron chi connectivity index (χ2n) is 6.08. The van der Waals surface area contributed by atoms with Gasteiger partial charge in [-0.25, -0.2) is 39.9 Å². The Bertz CT molecular complexity index is 1190. The maximum Gasteiger partial charge on any atom is 0.180 e. The summed E-state index contributed by atoms with van der Waals surface area (Å²) >= 11 is 0. The first kappa shape index (κ1) is 16.1. The van der Waals surface area contributed by atoms with Crippen LogP contribution < -0.4 is 5.73 Å². The van der Waals surface area contributed by atoms with Crippen LogP contribution in [-0.2, 0) is 0 Å². The fraction of sp³-hybridized carbons (Fsp3) is 0.0526. The van der Waals surface area contributed by atoms with E-state index in [0.717, 1.165) is 5.57 Å². The average Bonchev–Trinajstić information content (AvgIpc) is 3.44. The van der Waals surface area contributed by atoms with Crippen LogP contribution in [0.25, 0.3) is 0 Å². The molecule has 9 heteroatoms. The number of aliphatic imine (C=N–C) groups is 8. The molecule has 0 aromatic rings. The van der Waals surface area contributed by atoms with Gasteiger partial charge < -0.3 is 5.73 Å². The highest BCUT2D eigenvalue weighted by Crippen LogP contribution is 2.20. The van der Waals surface area contributed by atoms with Crippen molar-refractivity contribution in [3.63, 3.8) is 0 Å².